The van der Waals surface area contributed by atoms with E-state index in [1.54, 1.807) is 25.2 Å². The number of anilines is 1. The average Bonchev–Trinajstić information content (AvgIpc) is 3.29. The highest BCUT2D eigenvalue weighted by atomic mass is 16.5. The van der Waals surface area contributed by atoms with Gasteiger partial charge in [0.2, 0.25) is 5.95 Å². The van der Waals surface area contributed by atoms with Crippen LogP contribution in [0.4, 0.5) is 5.95 Å². The third-order valence-corrected chi connectivity index (χ3v) is 5.57. The first-order valence-corrected chi connectivity index (χ1v) is 9.67. The van der Waals surface area contributed by atoms with Gasteiger partial charge >= 0.3 is 0 Å². The zero-order valence-electron chi connectivity index (χ0n) is 15.9. The number of aromatic nitrogens is 3. The summed E-state index contributed by atoms with van der Waals surface area (Å²) in [4.78, 5) is 18.7. The minimum atomic E-state index is -0.581. The summed E-state index contributed by atoms with van der Waals surface area (Å²) in [5.74, 6) is 0.798. The van der Waals surface area contributed by atoms with Gasteiger partial charge in [0.15, 0.2) is 0 Å². The molecule has 2 aliphatic rings. The number of carbonyl (C=O) groups is 1. The SMILES string of the molecule is CN(C)C(=O)c1cc2cnc(N[C@@H]3CCOC[C@H]3O)nn2c1C1CCCC1. The van der Waals surface area contributed by atoms with Gasteiger partial charge in [-0.2, -0.15) is 0 Å². The summed E-state index contributed by atoms with van der Waals surface area (Å²) < 4.78 is 7.15. The predicted octanol–water partition coefficient (Wildman–Crippen LogP) is 1.65. The third kappa shape index (κ3) is 3.51. The molecule has 0 unspecified atom stereocenters. The number of amides is 1. The van der Waals surface area contributed by atoms with Crippen molar-refractivity contribution in [1.29, 1.82) is 0 Å². The van der Waals surface area contributed by atoms with Gasteiger partial charge in [-0.25, -0.2) is 9.50 Å². The topological polar surface area (TPSA) is 92.0 Å². The van der Waals surface area contributed by atoms with E-state index in [1.165, 1.54) is 12.8 Å². The highest BCUT2D eigenvalue weighted by Gasteiger charge is 2.29. The fourth-order valence-corrected chi connectivity index (χ4v) is 4.12. The lowest BCUT2D eigenvalue weighted by Crippen LogP contribution is -2.42. The highest BCUT2D eigenvalue weighted by molar-refractivity contribution is 5.97. The van der Waals surface area contributed by atoms with Gasteiger partial charge in [-0.1, -0.05) is 12.8 Å². The molecule has 8 heteroatoms. The molecule has 1 aliphatic heterocycles. The van der Waals surface area contributed by atoms with Crippen LogP contribution in [0.15, 0.2) is 12.3 Å². The fourth-order valence-electron chi connectivity index (χ4n) is 4.12. The lowest BCUT2D eigenvalue weighted by Gasteiger charge is -2.28. The van der Waals surface area contributed by atoms with Crippen LogP contribution in [-0.2, 0) is 4.74 Å². The molecule has 4 rings (SSSR count). The summed E-state index contributed by atoms with van der Waals surface area (Å²) >= 11 is 0. The van der Waals surface area contributed by atoms with E-state index in [4.69, 9.17) is 4.74 Å². The van der Waals surface area contributed by atoms with E-state index in [1.807, 2.05) is 10.6 Å². The number of nitrogens with zero attached hydrogens (tertiary/aromatic N) is 4. The standard InChI is InChI=1S/C19H27N5O3/c1-23(2)18(26)14-9-13-10-20-19(21-15-7-8-27-11-16(15)25)22-24(13)17(14)12-5-3-4-6-12/h9-10,12,15-16,25H,3-8,11H2,1-2H3,(H,21,22)/t15-,16-/m1/s1. The molecule has 0 radical (unpaired) electrons. The average molecular weight is 373 g/mol. The number of nitrogens with one attached hydrogen (secondary N) is 1. The fraction of sp³-hybridized carbons (Fsp3) is 0.632. The predicted molar refractivity (Wildman–Crippen MR) is 101 cm³/mol. The molecule has 0 bridgehead atoms. The van der Waals surface area contributed by atoms with Crippen molar-refractivity contribution in [2.24, 2.45) is 0 Å². The normalized spacial score (nSPS) is 23.7. The van der Waals surface area contributed by atoms with Crippen molar-refractivity contribution in [3.8, 4) is 0 Å². The van der Waals surface area contributed by atoms with Gasteiger partial charge < -0.3 is 20.1 Å². The van der Waals surface area contributed by atoms with E-state index in [2.05, 4.69) is 15.4 Å². The molecule has 2 aromatic rings. The highest BCUT2D eigenvalue weighted by Crippen LogP contribution is 2.37. The first-order valence-electron chi connectivity index (χ1n) is 9.67. The Morgan fingerprint density at radius 3 is 2.81 bits per heavy atom. The van der Waals surface area contributed by atoms with Crippen molar-refractivity contribution in [3.63, 3.8) is 0 Å². The largest absolute Gasteiger partial charge is 0.389 e. The van der Waals surface area contributed by atoms with Crippen molar-refractivity contribution in [2.45, 2.75) is 50.2 Å². The van der Waals surface area contributed by atoms with Crippen LogP contribution in [0.5, 0.6) is 0 Å². The lowest BCUT2D eigenvalue weighted by atomic mass is 10.00. The van der Waals surface area contributed by atoms with Crippen LogP contribution < -0.4 is 5.32 Å². The van der Waals surface area contributed by atoms with Crippen molar-refractivity contribution in [1.82, 2.24) is 19.5 Å². The van der Waals surface area contributed by atoms with Crippen LogP contribution in [0.1, 0.15) is 54.1 Å². The molecule has 8 nitrogen and oxygen atoms in total. The van der Waals surface area contributed by atoms with Crippen molar-refractivity contribution < 1.29 is 14.6 Å². The van der Waals surface area contributed by atoms with Crippen molar-refractivity contribution in [3.05, 3.63) is 23.5 Å². The van der Waals surface area contributed by atoms with Gasteiger partial charge in [0, 0.05) is 26.6 Å². The molecular formula is C19H27N5O3. The van der Waals surface area contributed by atoms with Gasteiger partial charge in [0.25, 0.3) is 5.91 Å². The first-order chi connectivity index (χ1) is 13.0. The van der Waals surface area contributed by atoms with Gasteiger partial charge in [-0.3, -0.25) is 4.79 Å². The molecule has 1 aliphatic carbocycles. The van der Waals surface area contributed by atoms with E-state index in [0.717, 1.165) is 24.1 Å². The van der Waals surface area contributed by atoms with Gasteiger partial charge in [-0.05, 0) is 25.3 Å². The zero-order chi connectivity index (χ0) is 19.0. The van der Waals surface area contributed by atoms with E-state index in [9.17, 15) is 9.90 Å². The Morgan fingerprint density at radius 1 is 1.33 bits per heavy atom. The minimum absolute atomic E-state index is 0.00300. The summed E-state index contributed by atoms with van der Waals surface area (Å²) in [5, 5.41) is 18.0. The number of ether oxygens (including phenoxy) is 1. The van der Waals surface area contributed by atoms with Crippen LogP contribution in [0, 0.1) is 0 Å². The Balaban J connectivity index is 1.72. The maximum atomic E-state index is 12.7. The maximum absolute atomic E-state index is 12.7. The first kappa shape index (κ1) is 18.2. The number of hydrogen-bond acceptors (Lipinski definition) is 6. The molecule has 1 amide bonds. The second-order valence-electron chi connectivity index (χ2n) is 7.72. The molecule has 0 spiro atoms. The number of hydrogen-bond donors (Lipinski definition) is 2. The number of aliphatic hydroxyl groups excluding tert-OH is 1. The minimum Gasteiger partial charge on any atom is -0.389 e. The van der Waals surface area contributed by atoms with Crippen LogP contribution in [0.25, 0.3) is 5.52 Å². The molecule has 1 saturated heterocycles. The lowest BCUT2D eigenvalue weighted by molar-refractivity contribution is -0.0136. The molecular weight excluding hydrogens is 346 g/mol. The Morgan fingerprint density at radius 2 is 2.11 bits per heavy atom. The summed E-state index contributed by atoms with van der Waals surface area (Å²) in [5.41, 5.74) is 2.52. The Kier molecular flexibility index (Phi) is 5.01. The van der Waals surface area contributed by atoms with Gasteiger partial charge in [-0.15, -0.1) is 5.10 Å². The van der Waals surface area contributed by atoms with Crippen LogP contribution in [0.2, 0.25) is 0 Å². The van der Waals surface area contributed by atoms with E-state index < -0.39 is 6.10 Å². The van der Waals surface area contributed by atoms with Gasteiger partial charge in [0.05, 0.1) is 41.7 Å². The molecule has 146 valence electrons. The quantitative estimate of drug-likeness (QED) is 0.847. The smallest absolute Gasteiger partial charge is 0.255 e. The monoisotopic (exact) mass is 373 g/mol. The number of carbonyl (C=O) groups excluding carboxylic acids is 1. The van der Waals surface area contributed by atoms with Gasteiger partial charge in [0.1, 0.15) is 0 Å². The molecule has 0 aromatic carbocycles. The van der Waals surface area contributed by atoms with Crippen LogP contribution in [0.3, 0.4) is 0 Å². The Bertz CT molecular complexity index is 828. The van der Waals surface area contributed by atoms with E-state index in [-0.39, 0.29) is 11.9 Å². The number of rotatable bonds is 4. The molecule has 2 fully saturated rings. The number of aliphatic hydroxyl groups is 1. The molecule has 27 heavy (non-hydrogen) atoms. The second-order valence-corrected chi connectivity index (χ2v) is 7.72. The molecule has 2 aromatic heterocycles. The van der Waals surface area contributed by atoms with E-state index >= 15 is 0 Å². The van der Waals surface area contributed by atoms with Crippen LogP contribution in [-0.4, -0.2) is 70.0 Å². The Hall–Kier alpha value is -2.19. The summed E-state index contributed by atoms with van der Waals surface area (Å²) in [6.07, 6.45) is 6.37. The van der Waals surface area contributed by atoms with E-state index in [0.29, 0.717) is 37.1 Å². The molecule has 2 atom stereocenters. The number of fused-ring (bicyclic) bond motifs is 1. The van der Waals surface area contributed by atoms with Crippen molar-refractivity contribution >= 4 is 17.4 Å². The summed E-state index contributed by atoms with van der Waals surface area (Å²) in [6, 6.07) is 1.76. The zero-order valence-corrected chi connectivity index (χ0v) is 15.9. The summed E-state index contributed by atoms with van der Waals surface area (Å²) in [6.45, 7) is 0.924. The molecule has 3 heterocycles. The summed E-state index contributed by atoms with van der Waals surface area (Å²) in [7, 11) is 3.54. The van der Waals surface area contributed by atoms with Crippen LogP contribution >= 0.6 is 0 Å². The molecule has 2 N–H and O–H groups in total. The Labute approximate surface area is 158 Å². The maximum Gasteiger partial charge on any atom is 0.255 e. The molecule has 1 saturated carbocycles. The van der Waals surface area contributed by atoms with Crippen molar-refractivity contribution in [2.75, 3.05) is 32.6 Å². The third-order valence-electron chi connectivity index (χ3n) is 5.57. The second kappa shape index (κ2) is 7.44.